The highest BCUT2D eigenvalue weighted by Gasteiger charge is 2.19. The van der Waals surface area contributed by atoms with Crippen molar-refractivity contribution >= 4 is 5.78 Å². The fourth-order valence-electron chi connectivity index (χ4n) is 2.70. The van der Waals surface area contributed by atoms with Crippen molar-refractivity contribution in [2.24, 2.45) is 0 Å². The molecular formula is C16H17N3O4. The molecule has 0 saturated carbocycles. The number of nitrogens with zero attached hydrogens (tertiary/aromatic N) is 3. The molecule has 0 unspecified atom stereocenters. The number of Topliss-reactive ketones (excluding diaryl/α,β-unsaturated/α-hetero) is 1. The molecule has 0 spiro atoms. The summed E-state index contributed by atoms with van der Waals surface area (Å²) in [5, 5.41) is 4.01. The van der Waals surface area contributed by atoms with Crippen molar-refractivity contribution in [3.05, 3.63) is 52.0 Å². The van der Waals surface area contributed by atoms with Gasteiger partial charge in [-0.05, 0) is 39.0 Å². The van der Waals surface area contributed by atoms with Gasteiger partial charge in [-0.3, -0.25) is 4.79 Å². The summed E-state index contributed by atoms with van der Waals surface area (Å²) in [7, 11) is 0. The van der Waals surface area contributed by atoms with Crippen LogP contribution in [0.1, 0.15) is 28.7 Å². The Morgan fingerprint density at radius 3 is 2.74 bits per heavy atom. The van der Waals surface area contributed by atoms with Crippen LogP contribution in [0.5, 0.6) is 0 Å². The highest BCUT2D eigenvalue weighted by atomic mass is 16.4. The largest absolute Gasteiger partial charge is 0.459 e. The second-order valence-electron chi connectivity index (χ2n) is 5.26. The number of rotatable bonds is 5. The van der Waals surface area contributed by atoms with Gasteiger partial charge >= 0.3 is 5.76 Å². The second-order valence-corrected chi connectivity index (χ2v) is 5.26. The predicted octanol–water partition coefficient (Wildman–Crippen LogP) is 2.42. The summed E-state index contributed by atoms with van der Waals surface area (Å²) in [6.07, 6.45) is 1.46. The third-order valence-electron chi connectivity index (χ3n) is 3.82. The zero-order valence-electron chi connectivity index (χ0n) is 13.2. The molecule has 3 aromatic heterocycles. The molecule has 0 fully saturated rings. The molecule has 0 aliphatic carbocycles. The molecule has 0 N–H and O–H groups in total. The molecule has 0 aromatic carbocycles. The van der Waals surface area contributed by atoms with E-state index in [0.717, 1.165) is 22.6 Å². The summed E-state index contributed by atoms with van der Waals surface area (Å²) in [6.45, 7) is 6.48. The van der Waals surface area contributed by atoms with E-state index in [1.165, 1.54) is 6.26 Å². The van der Waals surface area contributed by atoms with E-state index in [0.29, 0.717) is 11.3 Å². The lowest BCUT2D eigenvalue weighted by Gasteiger charge is -2.05. The van der Waals surface area contributed by atoms with E-state index in [-0.39, 0.29) is 18.2 Å². The van der Waals surface area contributed by atoms with Gasteiger partial charge in [0.25, 0.3) is 5.89 Å². The van der Waals surface area contributed by atoms with Gasteiger partial charge in [0.05, 0.1) is 6.26 Å². The molecule has 3 rings (SSSR count). The van der Waals surface area contributed by atoms with Gasteiger partial charge in [-0.2, -0.15) is 4.68 Å². The van der Waals surface area contributed by atoms with Crippen molar-refractivity contribution in [2.75, 3.05) is 0 Å². The van der Waals surface area contributed by atoms with Crippen LogP contribution in [0.4, 0.5) is 0 Å². The van der Waals surface area contributed by atoms with E-state index >= 15 is 0 Å². The number of furan rings is 1. The van der Waals surface area contributed by atoms with E-state index in [2.05, 4.69) is 5.10 Å². The summed E-state index contributed by atoms with van der Waals surface area (Å²) in [5.74, 6) is -0.461. The Bertz CT molecular complexity index is 897. The Hall–Kier alpha value is -2.83. The van der Waals surface area contributed by atoms with Crippen molar-refractivity contribution in [1.82, 2.24) is 14.3 Å². The topological polar surface area (TPSA) is 83.2 Å². The minimum atomic E-state index is -0.686. The van der Waals surface area contributed by atoms with Crippen LogP contribution < -0.4 is 5.76 Å². The van der Waals surface area contributed by atoms with Crippen LogP contribution in [0.2, 0.25) is 0 Å². The van der Waals surface area contributed by atoms with Crippen LogP contribution in [-0.2, 0) is 13.1 Å². The van der Waals surface area contributed by atoms with E-state index < -0.39 is 5.76 Å². The molecule has 0 atom stereocenters. The number of hydrogen-bond acceptors (Lipinski definition) is 5. The van der Waals surface area contributed by atoms with Gasteiger partial charge in [0.15, 0.2) is 11.5 Å². The van der Waals surface area contributed by atoms with Crippen LogP contribution in [-0.4, -0.2) is 20.1 Å². The smallest absolute Gasteiger partial charge is 0.437 e. The third-order valence-corrected chi connectivity index (χ3v) is 3.82. The molecular weight excluding hydrogens is 298 g/mol. The first-order valence-electron chi connectivity index (χ1n) is 7.33. The molecule has 0 saturated heterocycles. The minimum absolute atomic E-state index is 0.0619. The van der Waals surface area contributed by atoms with Crippen LogP contribution in [0.3, 0.4) is 0 Å². The highest BCUT2D eigenvalue weighted by molar-refractivity contribution is 5.97. The average Bonchev–Trinajstić information content (AvgIpc) is 3.20. The van der Waals surface area contributed by atoms with Gasteiger partial charge in [-0.1, -0.05) is 0 Å². The van der Waals surface area contributed by atoms with E-state index in [9.17, 15) is 9.59 Å². The first-order chi connectivity index (χ1) is 11.0. The molecule has 7 heteroatoms. The maximum Gasteiger partial charge on any atom is 0.437 e. The monoisotopic (exact) mass is 315 g/mol. The maximum absolute atomic E-state index is 12.5. The lowest BCUT2D eigenvalue weighted by atomic mass is 10.1. The minimum Gasteiger partial charge on any atom is -0.459 e. The fourth-order valence-corrected chi connectivity index (χ4v) is 2.70. The van der Waals surface area contributed by atoms with Gasteiger partial charge in [0, 0.05) is 23.5 Å². The van der Waals surface area contributed by atoms with Gasteiger partial charge in [0.1, 0.15) is 6.54 Å². The summed E-state index contributed by atoms with van der Waals surface area (Å²) in [4.78, 5) is 24.3. The summed E-state index contributed by atoms with van der Waals surface area (Å²) in [6, 6.07) is 5.13. The van der Waals surface area contributed by atoms with E-state index in [1.807, 2.05) is 31.4 Å². The van der Waals surface area contributed by atoms with Crippen molar-refractivity contribution in [3.63, 3.8) is 0 Å². The molecule has 0 radical (unpaired) electrons. The zero-order valence-corrected chi connectivity index (χ0v) is 13.2. The number of carbonyl (C=O) groups excluding carboxylic acids is 1. The Morgan fingerprint density at radius 1 is 1.35 bits per heavy atom. The SMILES string of the molecule is CCn1c(C)cc(C(=O)Cn2nc(-c3ccco3)oc2=O)c1C. The molecule has 0 amide bonds. The normalized spacial score (nSPS) is 11.1. The fraction of sp³-hybridized carbons (Fsp3) is 0.312. The quantitative estimate of drug-likeness (QED) is 0.675. The Labute approximate surface area is 132 Å². The number of aromatic nitrogens is 3. The van der Waals surface area contributed by atoms with E-state index in [4.69, 9.17) is 8.83 Å². The van der Waals surface area contributed by atoms with Gasteiger partial charge in [-0.15, -0.1) is 5.10 Å². The molecule has 3 heterocycles. The summed E-state index contributed by atoms with van der Waals surface area (Å²) < 4.78 is 13.2. The summed E-state index contributed by atoms with van der Waals surface area (Å²) in [5.41, 5.74) is 2.49. The Kier molecular flexibility index (Phi) is 3.77. The highest BCUT2D eigenvalue weighted by Crippen LogP contribution is 2.17. The van der Waals surface area contributed by atoms with Gasteiger partial charge in [-0.25, -0.2) is 4.79 Å². The van der Waals surface area contributed by atoms with Gasteiger partial charge in [0.2, 0.25) is 0 Å². The first-order valence-corrected chi connectivity index (χ1v) is 7.33. The number of ketones is 1. The third kappa shape index (κ3) is 2.65. The standard InChI is InChI=1S/C16H17N3O4/c1-4-18-10(2)8-12(11(18)3)13(20)9-19-16(21)23-15(17-19)14-6-5-7-22-14/h5-8H,4,9H2,1-3H3. The molecule has 120 valence electrons. The second kappa shape index (κ2) is 5.75. The van der Waals surface area contributed by atoms with Crippen molar-refractivity contribution < 1.29 is 13.6 Å². The first kappa shape index (κ1) is 15.1. The molecule has 23 heavy (non-hydrogen) atoms. The van der Waals surface area contributed by atoms with Gasteiger partial charge < -0.3 is 13.4 Å². The summed E-state index contributed by atoms with van der Waals surface area (Å²) >= 11 is 0. The molecule has 0 aliphatic heterocycles. The van der Waals surface area contributed by atoms with Crippen LogP contribution in [0.25, 0.3) is 11.7 Å². The molecule has 0 aliphatic rings. The Morgan fingerprint density at radius 2 is 2.13 bits per heavy atom. The van der Waals surface area contributed by atoms with Crippen LogP contribution >= 0.6 is 0 Å². The average molecular weight is 315 g/mol. The molecule has 7 nitrogen and oxygen atoms in total. The lowest BCUT2D eigenvalue weighted by Crippen LogP contribution is -2.22. The van der Waals surface area contributed by atoms with Crippen molar-refractivity contribution in [1.29, 1.82) is 0 Å². The van der Waals surface area contributed by atoms with Crippen molar-refractivity contribution in [2.45, 2.75) is 33.9 Å². The number of carbonyl (C=O) groups is 1. The van der Waals surface area contributed by atoms with Crippen LogP contribution in [0.15, 0.2) is 38.1 Å². The Balaban J connectivity index is 1.88. The molecule has 3 aromatic rings. The lowest BCUT2D eigenvalue weighted by molar-refractivity contribution is 0.0964. The number of hydrogen-bond donors (Lipinski definition) is 0. The zero-order chi connectivity index (χ0) is 16.6. The predicted molar refractivity (Wildman–Crippen MR) is 82.4 cm³/mol. The van der Waals surface area contributed by atoms with Crippen molar-refractivity contribution in [3.8, 4) is 11.7 Å². The maximum atomic E-state index is 12.5. The van der Waals surface area contributed by atoms with Crippen LogP contribution in [0, 0.1) is 13.8 Å². The van der Waals surface area contributed by atoms with E-state index in [1.54, 1.807) is 12.1 Å². The molecule has 0 bridgehead atoms. The number of aryl methyl sites for hydroxylation is 1.